The first-order chi connectivity index (χ1) is 12.8. The van der Waals surface area contributed by atoms with Gasteiger partial charge in [0.15, 0.2) is 5.82 Å². The number of carbonyl (C=O) groups is 1. The van der Waals surface area contributed by atoms with Gasteiger partial charge in [-0.15, -0.1) is 0 Å². The van der Waals surface area contributed by atoms with Gasteiger partial charge in [0.2, 0.25) is 0 Å². The molecule has 0 aliphatic carbocycles. The van der Waals surface area contributed by atoms with Crippen molar-refractivity contribution in [3.8, 4) is 11.4 Å². The molecule has 0 unspecified atom stereocenters. The van der Waals surface area contributed by atoms with Crippen LogP contribution in [0.2, 0.25) is 0 Å². The van der Waals surface area contributed by atoms with Crippen LogP contribution < -0.4 is 5.32 Å². The van der Waals surface area contributed by atoms with Gasteiger partial charge in [0.25, 0.3) is 0 Å². The van der Waals surface area contributed by atoms with Gasteiger partial charge in [-0.2, -0.15) is 0 Å². The molecule has 6 nitrogen and oxygen atoms in total. The van der Waals surface area contributed by atoms with Gasteiger partial charge in [0, 0.05) is 23.2 Å². The summed E-state index contributed by atoms with van der Waals surface area (Å²) in [4.78, 5) is 22.8. The van der Waals surface area contributed by atoms with Gasteiger partial charge in [0.1, 0.15) is 12.1 Å². The summed E-state index contributed by atoms with van der Waals surface area (Å²) in [6.07, 6.45) is 4.60. The number of benzene rings is 1. The maximum absolute atomic E-state index is 10.8. The fourth-order valence-corrected chi connectivity index (χ4v) is 3.55. The zero-order valence-corrected chi connectivity index (χ0v) is 14.9. The van der Waals surface area contributed by atoms with E-state index in [1.54, 1.807) is 12.1 Å². The summed E-state index contributed by atoms with van der Waals surface area (Å²) >= 11 is 0. The number of nitrogens with zero attached hydrogens (tertiary/aromatic N) is 3. The van der Waals surface area contributed by atoms with Gasteiger partial charge >= 0.3 is 0 Å². The summed E-state index contributed by atoms with van der Waals surface area (Å²) in [5.74, 6) is 1.55. The Morgan fingerprint density at radius 1 is 1.12 bits per heavy atom. The van der Waals surface area contributed by atoms with E-state index in [-0.39, 0.29) is 0 Å². The van der Waals surface area contributed by atoms with E-state index in [1.165, 1.54) is 25.9 Å². The standard InChI is InChI=1S/C20H24N4O2/c25-12-15-4-6-16(7-5-15)19-22-18-14-26-13-17(18)20(23-19)21-8-3-11-24-9-1-2-10-24/h4-7,12H,1-3,8-11,13-14H2,(H,21,22,23). The molecule has 2 aliphatic rings. The minimum absolute atomic E-state index is 0.528. The Balaban J connectivity index is 1.48. The molecule has 1 aromatic carbocycles. The molecule has 0 saturated carbocycles. The average molecular weight is 352 g/mol. The van der Waals surface area contributed by atoms with Gasteiger partial charge < -0.3 is 15.0 Å². The maximum atomic E-state index is 10.8. The van der Waals surface area contributed by atoms with E-state index in [0.717, 1.165) is 48.4 Å². The molecule has 1 fully saturated rings. The van der Waals surface area contributed by atoms with E-state index in [2.05, 4.69) is 15.2 Å². The molecule has 1 aromatic heterocycles. The quantitative estimate of drug-likeness (QED) is 0.610. The molecular formula is C20H24N4O2. The summed E-state index contributed by atoms with van der Waals surface area (Å²) in [7, 11) is 0. The molecule has 2 aliphatic heterocycles. The third-order valence-corrected chi connectivity index (χ3v) is 5.03. The molecule has 136 valence electrons. The van der Waals surface area contributed by atoms with Crippen LogP contribution in [0, 0.1) is 0 Å². The molecule has 4 rings (SSSR count). The average Bonchev–Trinajstić information content (AvgIpc) is 3.36. The molecule has 6 heteroatoms. The van der Waals surface area contributed by atoms with Crippen molar-refractivity contribution in [3.63, 3.8) is 0 Å². The minimum Gasteiger partial charge on any atom is -0.370 e. The van der Waals surface area contributed by atoms with Crippen LogP contribution in [0.5, 0.6) is 0 Å². The highest BCUT2D eigenvalue weighted by atomic mass is 16.5. The van der Waals surface area contributed by atoms with Gasteiger partial charge in [0.05, 0.1) is 18.9 Å². The lowest BCUT2D eigenvalue weighted by Gasteiger charge is -2.15. The third-order valence-electron chi connectivity index (χ3n) is 5.03. The highest BCUT2D eigenvalue weighted by molar-refractivity contribution is 5.76. The van der Waals surface area contributed by atoms with E-state index >= 15 is 0 Å². The lowest BCUT2D eigenvalue weighted by molar-refractivity contribution is 0.112. The second-order valence-corrected chi connectivity index (χ2v) is 6.88. The van der Waals surface area contributed by atoms with Crippen molar-refractivity contribution >= 4 is 12.1 Å². The van der Waals surface area contributed by atoms with Crippen LogP contribution in [0.25, 0.3) is 11.4 Å². The van der Waals surface area contributed by atoms with Crippen LogP contribution in [-0.2, 0) is 18.0 Å². The molecule has 0 radical (unpaired) electrons. The molecule has 3 heterocycles. The number of nitrogens with one attached hydrogen (secondary N) is 1. The Morgan fingerprint density at radius 3 is 2.69 bits per heavy atom. The normalized spacial score (nSPS) is 16.6. The number of ether oxygens (including phenoxy) is 1. The number of anilines is 1. The van der Waals surface area contributed by atoms with E-state index < -0.39 is 0 Å². The second kappa shape index (κ2) is 7.93. The Kier molecular flexibility index (Phi) is 5.22. The third kappa shape index (κ3) is 3.76. The Morgan fingerprint density at radius 2 is 1.92 bits per heavy atom. The first kappa shape index (κ1) is 17.1. The number of hydrogen-bond donors (Lipinski definition) is 1. The maximum Gasteiger partial charge on any atom is 0.161 e. The molecule has 0 spiro atoms. The highest BCUT2D eigenvalue weighted by Crippen LogP contribution is 2.28. The van der Waals surface area contributed by atoms with Crippen LogP contribution in [0.1, 0.15) is 40.9 Å². The molecule has 26 heavy (non-hydrogen) atoms. The molecule has 1 N–H and O–H groups in total. The van der Waals surface area contributed by atoms with Crippen molar-refractivity contribution in [1.29, 1.82) is 0 Å². The van der Waals surface area contributed by atoms with Crippen molar-refractivity contribution in [2.45, 2.75) is 32.5 Å². The number of fused-ring (bicyclic) bond motifs is 1. The topological polar surface area (TPSA) is 67.4 Å². The van der Waals surface area contributed by atoms with E-state index in [9.17, 15) is 4.79 Å². The number of aromatic nitrogens is 2. The van der Waals surface area contributed by atoms with Gasteiger partial charge in [-0.3, -0.25) is 4.79 Å². The van der Waals surface area contributed by atoms with Crippen LogP contribution in [-0.4, -0.2) is 47.3 Å². The smallest absolute Gasteiger partial charge is 0.161 e. The molecular weight excluding hydrogens is 328 g/mol. The summed E-state index contributed by atoms with van der Waals surface area (Å²) in [5.41, 5.74) is 3.58. The lowest BCUT2D eigenvalue weighted by Crippen LogP contribution is -2.22. The Bertz CT molecular complexity index is 770. The van der Waals surface area contributed by atoms with Crippen LogP contribution >= 0.6 is 0 Å². The monoisotopic (exact) mass is 352 g/mol. The van der Waals surface area contributed by atoms with Crippen molar-refractivity contribution in [1.82, 2.24) is 14.9 Å². The first-order valence-corrected chi connectivity index (χ1v) is 9.33. The van der Waals surface area contributed by atoms with E-state index in [1.807, 2.05) is 12.1 Å². The zero-order valence-electron chi connectivity index (χ0n) is 14.9. The molecule has 0 bridgehead atoms. The van der Waals surface area contributed by atoms with E-state index in [4.69, 9.17) is 9.72 Å². The number of aldehydes is 1. The number of hydrogen-bond acceptors (Lipinski definition) is 6. The van der Waals surface area contributed by atoms with Gasteiger partial charge in [-0.05, 0) is 38.9 Å². The Hall–Kier alpha value is -2.31. The second-order valence-electron chi connectivity index (χ2n) is 6.88. The van der Waals surface area contributed by atoms with Gasteiger partial charge in [-0.25, -0.2) is 9.97 Å². The molecule has 1 saturated heterocycles. The van der Waals surface area contributed by atoms with Crippen LogP contribution in [0.15, 0.2) is 24.3 Å². The largest absolute Gasteiger partial charge is 0.370 e. The number of carbonyl (C=O) groups excluding carboxylic acids is 1. The summed E-state index contributed by atoms with van der Waals surface area (Å²) in [6, 6.07) is 7.36. The molecule has 0 atom stereocenters. The fraction of sp³-hybridized carbons (Fsp3) is 0.450. The van der Waals surface area contributed by atoms with E-state index in [0.29, 0.717) is 24.6 Å². The molecule has 2 aromatic rings. The zero-order chi connectivity index (χ0) is 17.8. The van der Waals surface area contributed by atoms with Crippen LogP contribution in [0.4, 0.5) is 5.82 Å². The van der Waals surface area contributed by atoms with Gasteiger partial charge in [-0.1, -0.05) is 24.3 Å². The predicted molar refractivity (Wildman–Crippen MR) is 100 cm³/mol. The summed E-state index contributed by atoms with van der Waals surface area (Å²) < 4.78 is 5.57. The van der Waals surface area contributed by atoms with Crippen molar-refractivity contribution < 1.29 is 9.53 Å². The van der Waals surface area contributed by atoms with Crippen LogP contribution in [0.3, 0.4) is 0 Å². The summed E-state index contributed by atoms with van der Waals surface area (Å²) in [6.45, 7) is 5.59. The SMILES string of the molecule is O=Cc1ccc(-c2nc3c(c(NCCCN4CCCC4)n2)COC3)cc1. The minimum atomic E-state index is 0.528. The lowest BCUT2D eigenvalue weighted by atomic mass is 10.1. The van der Waals surface area contributed by atoms with Crippen molar-refractivity contribution in [2.24, 2.45) is 0 Å². The summed E-state index contributed by atoms with van der Waals surface area (Å²) in [5, 5.41) is 3.49. The number of likely N-dealkylation sites (tertiary alicyclic amines) is 1. The first-order valence-electron chi connectivity index (χ1n) is 9.33. The van der Waals surface area contributed by atoms with Crippen molar-refractivity contribution in [2.75, 3.05) is 31.5 Å². The molecule has 0 amide bonds. The van der Waals surface area contributed by atoms with Crippen molar-refractivity contribution in [3.05, 3.63) is 41.1 Å². The fourth-order valence-electron chi connectivity index (χ4n) is 3.55. The predicted octanol–water partition coefficient (Wildman–Crippen LogP) is 2.88. The Labute approximate surface area is 153 Å². The highest BCUT2D eigenvalue weighted by Gasteiger charge is 2.20. The number of rotatable bonds is 7.